The fourth-order valence-corrected chi connectivity index (χ4v) is 3.86. The van der Waals surface area contributed by atoms with Crippen molar-refractivity contribution in [3.63, 3.8) is 0 Å². The Kier molecular flexibility index (Phi) is 5.64. The van der Waals surface area contributed by atoms with Crippen LogP contribution in [0.15, 0.2) is 48.7 Å². The summed E-state index contributed by atoms with van der Waals surface area (Å²) in [5, 5.41) is 2.90. The minimum Gasteiger partial charge on any atom is -0.495 e. The number of hydrogen-bond acceptors (Lipinski definition) is 5. The van der Waals surface area contributed by atoms with Gasteiger partial charge in [-0.2, -0.15) is 0 Å². The Morgan fingerprint density at radius 2 is 1.83 bits per heavy atom. The number of para-hydroxylation sites is 2. The average molecular weight is 394 g/mol. The lowest BCUT2D eigenvalue weighted by molar-refractivity contribution is -0.135. The quantitative estimate of drug-likeness (QED) is 0.807. The molecule has 152 valence electrons. The van der Waals surface area contributed by atoms with Gasteiger partial charge in [-0.25, -0.2) is 0 Å². The summed E-state index contributed by atoms with van der Waals surface area (Å²) in [7, 11) is 1.67. The van der Waals surface area contributed by atoms with Crippen LogP contribution in [0.1, 0.15) is 12.1 Å². The van der Waals surface area contributed by atoms with E-state index in [2.05, 4.69) is 15.2 Å². The van der Waals surface area contributed by atoms with Crippen LogP contribution in [0.25, 0.3) is 0 Å². The number of piperazine rings is 1. The van der Waals surface area contributed by atoms with E-state index < -0.39 is 0 Å². The molecule has 2 unspecified atom stereocenters. The van der Waals surface area contributed by atoms with E-state index in [-0.39, 0.29) is 23.7 Å². The summed E-state index contributed by atoms with van der Waals surface area (Å²) >= 11 is 0. The average Bonchev–Trinajstić information content (AvgIpc) is 3.59. The highest BCUT2D eigenvalue weighted by atomic mass is 16.5. The number of hydrogen-bond donors (Lipinski definition) is 1. The van der Waals surface area contributed by atoms with E-state index >= 15 is 0 Å². The number of nitrogens with one attached hydrogen (secondary N) is 1. The van der Waals surface area contributed by atoms with Gasteiger partial charge >= 0.3 is 0 Å². The summed E-state index contributed by atoms with van der Waals surface area (Å²) in [6.07, 6.45) is 2.34. The number of benzene rings is 1. The first-order valence-corrected chi connectivity index (χ1v) is 10.0. The number of methoxy groups -OCH3 is 1. The highest BCUT2D eigenvalue weighted by Crippen LogP contribution is 2.40. The Labute approximate surface area is 170 Å². The third-order valence-electron chi connectivity index (χ3n) is 5.63. The van der Waals surface area contributed by atoms with Crippen molar-refractivity contribution in [1.82, 2.24) is 15.2 Å². The summed E-state index contributed by atoms with van der Waals surface area (Å²) in [5.74, 6) is 0.499. The molecule has 2 aromatic rings. The SMILES string of the molecule is COc1ccccc1N1CCN(C(=O)C2CC2C(=O)NCc2ccccn2)CC1. The Morgan fingerprint density at radius 1 is 1.07 bits per heavy atom. The summed E-state index contributed by atoms with van der Waals surface area (Å²) < 4.78 is 5.45. The molecule has 1 saturated carbocycles. The first kappa shape index (κ1) is 19.2. The zero-order chi connectivity index (χ0) is 20.2. The van der Waals surface area contributed by atoms with Crippen LogP contribution in [0.5, 0.6) is 5.75 Å². The highest BCUT2D eigenvalue weighted by Gasteiger charge is 2.49. The first-order chi connectivity index (χ1) is 14.2. The van der Waals surface area contributed by atoms with E-state index in [4.69, 9.17) is 4.74 Å². The molecular formula is C22H26N4O3. The van der Waals surface area contributed by atoms with Gasteiger partial charge in [-0.15, -0.1) is 0 Å². The van der Waals surface area contributed by atoms with Gasteiger partial charge in [0.15, 0.2) is 0 Å². The van der Waals surface area contributed by atoms with Gasteiger partial charge in [0.05, 0.1) is 36.9 Å². The van der Waals surface area contributed by atoms with Gasteiger partial charge in [0, 0.05) is 32.4 Å². The fraction of sp³-hybridized carbons (Fsp3) is 0.409. The van der Waals surface area contributed by atoms with Gasteiger partial charge in [-0.1, -0.05) is 18.2 Å². The molecule has 0 spiro atoms. The molecule has 1 aliphatic carbocycles. The number of pyridine rings is 1. The molecule has 7 heteroatoms. The van der Waals surface area contributed by atoms with Crippen molar-refractivity contribution in [2.75, 3.05) is 38.2 Å². The molecule has 1 N–H and O–H groups in total. The lowest BCUT2D eigenvalue weighted by Crippen LogP contribution is -2.49. The third kappa shape index (κ3) is 4.34. The van der Waals surface area contributed by atoms with Crippen LogP contribution in [0.4, 0.5) is 5.69 Å². The van der Waals surface area contributed by atoms with Crippen LogP contribution in [-0.4, -0.2) is 55.0 Å². The molecular weight excluding hydrogens is 368 g/mol. The second kappa shape index (κ2) is 8.51. The van der Waals surface area contributed by atoms with E-state index in [9.17, 15) is 9.59 Å². The van der Waals surface area contributed by atoms with Crippen LogP contribution < -0.4 is 15.0 Å². The topological polar surface area (TPSA) is 74.8 Å². The highest BCUT2D eigenvalue weighted by molar-refractivity contribution is 5.92. The summed E-state index contributed by atoms with van der Waals surface area (Å²) in [6.45, 7) is 3.24. The van der Waals surface area contributed by atoms with E-state index in [1.165, 1.54) is 0 Å². The number of carbonyl (C=O) groups is 2. The van der Waals surface area contributed by atoms with Gasteiger partial charge < -0.3 is 19.9 Å². The van der Waals surface area contributed by atoms with Crippen molar-refractivity contribution in [2.45, 2.75) is 13.0 Å². The van der Waals surface area contributed by atoms with Crippen LogP contribution in [0.3, 0.4) is 0 Å². The molecule has 1 aliphatic heterocycles. The standard InChI is InChI=1S/C22H26N4O3/c1-29-20-8-3-2-7-19(20)25-10-12-26(13-11-25)22(28)18-14-17(18)21(27)24-15-16-6-4-5-9-23-16/h2-9,17-18H,10-15H2,1H3,(H,24,27). The predicted octanol–water partition coefficient (Wildman–Crippen LogP) is 1.69. The largest absolute Gasteiger partial charge is 0.495 e. The Morgan fingerprint density at radius 3 is 2.55 bits per heavy atom. The van der Waals surface area contributed by atoms with Crippen molar-refractivity contribution in [3.8, 4) is 5.75 Å². The minimum absolute atomic E-state index is 0.0540. The van der Waals surface area contributed by atoms with Crippen LogP contribution in [0.2, 0.25) is 0 Å². The van der Waals surface area contributed by atoms with Gasteiger partial charge in [0.25, 0.3) is 0 Å². The maximum absolute atomic E-state index is 12.8. The molecule has 2 amide bonds. The van der Waals surface area contributed by atoms with Gasteiger partial charge in [-0.3, -0.25) is 14.6 Å². The monoisotopic (exact) mass is 394 g/mol. The first-order valence-electron chi connectivity index (χ1n) is 10.0. The third-order valence-corrected chi connectivity index (χ3v) is 5.63. The number of rotatable bonds is 6. The number of amides is 2. The number of carbonyl (C=O) groups excluding carboxylic acids is 2. The second-order valence-electron chi connectivity index (χ2n) is 7.47. The van der Waals surface area contributed by atoms with Crippen LogP contribution >= 0.6 is 0 Å². The Balaban J connectivity index is 1.26. The summed E-state index contributed by atoms with van der Waals surface area (Å²) in [5.41, 5.74) is 1.87. The zero-order valence-electron chi connectivity index (χ0n) is 16.6. The Hall–Kier alpha value is -3.09. The summed E-state index contributed by atoms with van der Waals surface area (Å²) in [4.78, 5) is 33.5. The zero-order valence-corrected chi connectivity index (χ0v) is 16.6. The number of aromatic nitrogens is 1. The van der Waals surface area contributed by atoms with Crippen molar-refractivity contribution >= 4 is 17.5 Å². The van der Waals surface area contributed by atoms with Gasteiger partial charge in [-0.05, 0) is 30.7 Å². The van der Waals surface area contributed by atoms with Crippen molar-refractivity contribution < 1.29 is 14.3 Å². The van der Waals surface area contributed by atoms with Gasteiger partial charge in [0.2, 0.25) is 11.8 Å². The Bertz CT molecular complexity index is 865. The van der Waals surface area contributed by atoms with Crippen molar-refractivity contribution in [1.29, 1.82) is 0 Å². The van der Waals surface area contributed by atoms with E-state index in [1.807, 2.05) is 47.4 Å². The van der Waals surface area contributed by atoms with E-state index in [1.54, 1.807) is 13.3 Å². The van der Waals surface area contributed by atoms with Gasteiger partial charge in [0.1, 0.15) is 5.75 Å². The molecule has 0 bridgehead atoms. The maximum atomic E-state index is 12.8. The lowest BCUT2D eigenvalue weighted by atomic mass is 10.2. The lowest BCUT2D eigenvalue weighted by Gasteiger charge is -2.36. The maximum Gasteiger partial charge on any atom is 0.226 e. The van der Waals surface area contributed by atoms with Crippen molar-refractivity contribution in [3.05, 3.63) is 54.4 Å². The van der Waals surface area contributed by atoms with Crippen molar-refractivity contribution in [2.24, 2.45) is 11.8 Å². The van der Waals surface area contributed by atoms with E-state index in [0.29, 0.717) is 26.1 Å². The molecule has 2 aliphatic rings. The molecule has 2 heterocycles. The molecule has 29 heavy (non-hydrogen) atoms. The molecule has 2 fully saturated rings. The van der Waals surface area contributed by atoms with Crippen LogP contribution in [-0.2, 0) is 16.1 Å². The predicted molar refractivity (Wildman–Crippen MR) is 109 cm³/mol. The normalized spacial score (nSPS) is 20.9. The van der Waals surface area contributed by atoms with E-state index in [0.717, 1.165) is 30.2 Å². The molecule has 4 rings (SSSR count). The smallest absolute Gasteiger partial charge is 0.226 e. The molecule has 1 saturated heterocycles. The number of anilines is 1. The molecule has 2 atom stereocenters. The summed E-state index contributed by atoms with van der Waals surface area (Å²) in [6, 6.07) is 13.5. The second-order valence-corrected chi connectivity index (χ2v) is 7.47. The van der Waals surface area contributed by atoms with Crippen LogP contribution in [0, 0.1) is 11.8 Å². The molecule has 1 aromatic carbocycles. The minimum atomic E-state index is -0.210. The number of ether oxygens (including phenoxy) is 1. The molecule has 1 aromatic heterocycles. The fourth-order valence-electron chi connectivity index (χ4n) is 3.86. The number of nitrogens with zero attached hydrogens (tertiary/aromatic N) is 3. The molecule has 0 radical (unpaired) electrons. The molecule has 7 nitrogen and oxygen atoms in total.